The van der Waals surface area contributed by atoms with Crippen LogP contribution in [0, 0.1) is 5.82 Å². The van der Waals surface area contributed by atoms with Gasteiger partial charge in [-0.2, -0.15) is 0 Å². The van der Waals surface area contributed by atoms with Gasteiger partial charge in [0.2, 0.25) is 0 Å². The molecule has 0 saturated heterocycles. The fourth-order valence-electron chi connectivity index (χ4n) is 3.49. The maximum atomic E-state index is 13.4. The highest BCUT2D eigenvalue weighted by atomic mass is 19.1. The van der Waals surface area contributed by atoms with Crippen LogP contribution in [0.1, 0.15) is 5.69 Å². The molecule has 1 N–H and O–H groups in total. The van der Waals surface area contributed by atoms with Gasteiger partial charge in [0.25, 0.3) is 0 Å². The van der Waals surface area contributed by atoms with Crippen LogP contribution in [0.5, 0.6) is 0 Å². The highest BCUT2D eigenvalue weighted by Crippen LogP contribution is 2.35. The molecule has 0 unspecified atom stereocenters. The van der Waals surface area contributed by atoms with E-state index in [0.717, 1.165) is 39.2 Å². The third-order valence-corrected chi connectivity index (χ3v) is 4.76. The second kappa shape index (κ2) is 6.45. The number of H-pyrrole nitrogens is 1. The van der Waals surface area contributed by atoms with E-state index in [4.69, 9.17) is 0 Å². The Kier molecular flexibility index (Phi) is 3.79. The first-order chi connectivity index (χ1) is 13.7. The summed E-state index contributed by atoms with van der Waals surface area (Å²) in [6.07, 6.45) is 9.23. The van der Waals surface area contributed by atoms with Crippen LogP contribution in [0.25, 0.3) is 33.5 Å². The molecule has 4 heterocycles. The molecular formula is C21H17FN6. The van der Waals surface area contributed by atoms with Gasteiger partial charge in [-0.25, -0.2) is 19.3 Å². The maximum Gasteiger partial charge on any atom is 0.137 e. The predicted molar refractivity (Wildman–Crippen MR) is 105 cm³/mol. The maximum absolute atomic E-state index is 13.4. The number of aryl methyl sites for hydroxylation is 1. The molecule has 0 radical (unpaired) electrons. The molecule has 0 aliphatic heterocycles. The van der Waals surface area contributed by atoms with Crippen LogP contribution >= 0.6 is 0 Å². The lowest BCUT2D eigenvalue weighted by atomic mass is 10.0. The Balaban J connectivity index is 1.72. The van der Waals surface area contributed by atoms with E-state index in [2.05, 4.69) is 24.5 Å². The lowest BCUT2D eigenvalue weighted by Crippen LogP contribution is -2.02. The van der Waals surface area contributed by atoms with Gasteiger partial charge < -0.3 is 14.1 Å². The molecule has 28 heavy (non-hydrogen) atoms. The number of pyridine rings is 1. The Morgan fingerprint density at radius 3 is 2.64 bits per heavy atom. The number of nitrogens with one attached hydrogen (secondary N) is 1. The SMILES string of the molecule is Cn1cnc(Cn2cnc(-c3ccc(F)cc3)c2-c2ccnc3[nH]ccc23)c1. The molecule has 0 spiro atoms. The summed E-state index contributed by atoms with van der Waals surface area (Å²) in [7, 11) is 1.95. The second-order valence-electron chi connectivity index (χ2n) is 6.71. The number of aromatic nitrogens is 6. The zero-order chi connectivity index (χ0) is 19.1. The van der Waals surface area contributed by atoms with Crippen LogP contribution < -0.4 is 0 Å². The topological polar surface area (TPSA) is 64.3 Å². The first-order valence-corrected chi connectivity index (χ1v) is 8.89. The van der Waals surface area contributed by atoms with Crippen LogP contribution in [0.4, 0.5) is 4.39 Å². The van der Waals surface area contributed by atoms with Crippen LogP contribution in [-0.2, 0) is 13.6 Å². The lowest BCUT2D eigenvalue weighted by molar-refractivity contribution is 0.628. The van der Waals surface area contributed by atoms with Crippen molar-refractivity contribution in [2.75, 3.05) is 0 Å². The summed E-state index contributed by atoms with van der Waals surface area (Å²) in [6, 6.07) is 10.4. The number of hydrogen-bond donors (Lipinski definition) is 1. The first kappa shape index (κ1) is 16.4. The van der Waals surface area contributed by atoms with Crippen molar-refractivity contribution in [2.24, 2.45) is 7.05 Å². The number of aromatic amines is 1. The number of fused-ring (bicyclic) bond motifs is 1. The van der Waals surface area contributed by atoms with Gasteiger partial charge in [-0.3, -0.25) is 0 Å². The summed E-state index contributed by atoms with van der Waals surface area (Å²) in [5, 5.41) is 1.01. The van der Waals surface area contributed by atoms with Crippen molar-refractivity contribution >= 4 is 11.0 Å². The molecule has 7 heteroatoms. The van der Waals surface area contributed by atoms with Gasteiger partial charge in [0, 0.05) is 42.2 Å². The van der Waals surface area contributed by atoms with Crippen LogP contribution in [0.2, 0.25) is 0 Å². The van der Waals surface area contributed by atoms with E-state index in [1.165, 1.54) is 12.1 Å². The summed E-state index contributed by atoms with van der Waals surface area (Å²) in [4.78, 5) is 16.6. The van der Waals surface area contributed by atoms with E-state index >= 15 is 0 Å². The molecule has 0 amide bonds. The van der Waals surface area contributed by atoms with Crippen molar-refractivity contribution in [1.29, 1.82) is 0 Å². The van der Waals surface area contributed by atoms with Crippen molar-refractivity contribution in [1.82, 2.24) is 29.1 Å². The largest absolute Gasteiger partial charge is 0.346 e. The first-order valence-electron chi connectivity index (χ1n) is 8.89. The number of rotatable bonds is 4. The van der Waals surface area contributed by atoms with E-state index in [9.17, 15) is 4.39 Å². The van der Waals surface area contributed by atoms with Crippen LogP contribution in [-0.4, -0.2) is 29.1 Å². The quantitative estimate of drug-likeness (QED) is 0.518. The minimum atomic E-state index is -0.268. The number of nitrogens with zero attached hydrogens (tertiary/aromatic N) is 5. The molecule has 5 aromatic rings. The molecule has 0 aliphatic rings. The van der Waals surface area contributed by atoms with Gasteiger partial charge in [-0.15, -0.1) is 0 Å². The Bertz CT molecular complexity index is 1260. The van der Waals surface area contributed by atoms with Crippen molar-refractivity contribution < 1.29 is 4.39 Å². The van der Waals surface area contributed by atoms with Crippen LogP contribution in [0.15, 0.2) is 67.6 Å². The van der Waals surface area contributed by atoms with E-state index in [1.54, 1.807) is 24.7 Å². The molecular weight excluding hydrogens is 355 g/mol. The highest BCUT2D eigenvalue weighted by Gasteiger charge is 2.18. The lowest BCUT2D eigenvalue weighted by Gasteiger charge is -2.11. The standard InChI is InChI=1S/C21H17FN6/c1-27-10-16(25-12-27)11-28-13-26-19(14-2-4-15(22)5-3-14)20(28)17-6-8-23-21-18(17)7-9-24-21/h2-10,12-13H,11H2,1H3,(H,23,24). The molecule has 138 valence electrons. The van der Waals surface area contributed by atoms with E-state index in [0.29, 0.717) is 6.54 Å². The molecule has 0 atom stereocenters. The van der Waals surface area contributed by atoms with Gasteiger partial charge in [-0.05, 0) is 36.4 Å². The molecule has 0 bridgehead atoms. The molecule has 5 rings (SSSR count). The smallest absolute Gasteiger partial charge is 0.137 e. The summed E-state index contributed by atoms with van der Waals surface area (Å²) in [6.45, 7) is 0.582. The average molecular weight is 372 g/mol. The average Bonchev–Trinajstić information content (AvgIpc) is 3.42. The Morgan fingerprint density at radius 1 is 1.00 bits per heavy atom. The van der Waals surface area contributed by atoms with Crippen molar-refractivity contribution in [3.8, 4) is 22.5 Å². The minimum Gasteiger partial charge on any atom is -0.346 e. The molecule has 1 aromatic carbocycles. The molecule has 6 nitrogen and oxygen atoms in total. The van der Waals surface area contributed by atoms with Crippen molar-refractivity contribution in [3.63, 3.8) is 0 Å². The highest BCUT2D eigenvalue weighted by molar-refractivity contribution is 5.95. The Morgan fingerprint density at radius 2 is 1.86 bits per heavy atom. The summed E-state index contributed by atoms with van der Waals surface area (Å²) in [5.41, 5.74) is 5.36. The summed E-state index contributed by atoms with van der Waals surface area (Å²) < 4.78 is 17.4. The van der Waals surface area contributed by atoms with Gasteiger partial charge in [0.15, 0.2) is 0 Å². The summed E-state index contributed by atoms with van der Waals surface area (Å²) >= 11 is 0. The number of halogens is 1. The molecule has 0 aliphatic carbocycles. The Labute approximate surface area is 160 Å². The molecule has 4 aromatic heterocycles. The van der Waals surface area contributed by atoms with E-state index < -0.39 is 0 Å². The van der Waals surface area contributed by atoms with Gasteiger partial charge >= 0.3 is 0 Å². The number of hydrogen-bond acceptors (Lipinski definition) is 3. The van der Waals surface area contributed by atoms with E-state index in [1.807, 2.05) is 42.5 Å². The Hall–Kier alpha value is -3.74. The van der Waals surface area contributed by atoms with E-state index in [-0.39, 0.29) is 5.82 Å². The van der Waals surface area contributed by atoms with Crippen molar-refractivity contribution in [3.05, 3.63) is 79.2 Å². The fourth-order valence-corrected chi connectivity index (χ4v) is 3.49. The third-order valence-electron chi connectivity index (χ3n) is 4.76. The van der Waals surface area contributed by atoms with Gasteiger partial charge in [0.05, 0.1) is 36.3 Å². The van der Waals surface area contributed by atoms with Crippen molar-refractivity contribution in [2.45, 2.75) is 6.54 Å². The zero-order valence-electron chi connectivity index (χ0n) is 15.2. The second-order valence-corrected chi connectivity index (χ2v) is 6.71. The number of benzene rings is 1. The number of imidazole rings is 2. The monoisotopic (exact) mass is 372 g/mol. The molecule has 0 fully saturated rings. The predicted octanol–water partition coefficient (Wildman–Crippen LogP) is 4.01. The minimum absolute atomic E-state index is 0.268. The molecule has 0 saturated carbocycles. The fraction of sp³-hybridized carbons (Fsp3) is 0.0952. The van der Waals surface area contributed by atoms with Gasteiger partial charge in [0.1, 0.15) is 11.5 Å². The third kappa shape index (κ3) is 2.77. The van der Waals surface area contributed by atoms with Crippen LogP contribution in [0.3, 0.4) is 0 Å². The summed E-state index contributed by atoms with van der Waals surface area (Å²) in [5.74, 6) is -0.268. The zero-order valence-corrected chi connectivity index (χ0v) is 15.2. The normalized spacial score (nSPS) is 11.4. The van der Waals surface area contributed by atoms with Gasteiger partial charge in [-0.1, -0.05) is 0 Å².